The molecule has 0 aromatic carbocycles. The Bertz CT molecular complexity index is 330. The highest BCUT2D eigenvalue weighted by Gasteiger charge is 2.59. The average Bonchev–Trinajstić information content (AvgIpc) is 2.81. The fourth-order valence-corrected chi connectivity index (χ4v) is 5.02. The normalized spacial score (nSPS) is 49.4. The van der Waals surface area contributed by atoms with E-state index >= 15 is 0 Å². The first-order valence-electron chi connectivity index (χ1n) is 6.80. The Hall–Kier alpha value is -0.300. The van der Waals surface area contributed by atoms with Crippen molar-refractivity contribution in [1.29, 1.82) is 0 Å². The fraction of sp³-hybridized carbons (Fsp3) is 0.867. The molecule has 0 aromatic rings. The molecule has 3 unspecified atom stereocenters. The van der Waals surface area contributed by atoms with Gasteiger partial charge in [0.25, 0.3) is 0 Å². The van der Waals surface area contributed by atoms with Gasteiger partial charge in [-0.3, -0.25) is 0 Å². The summed E-state index contributed by atoms with van der Waals surface area (Å²) in [6.07, 6.45) is 6.65. The standard InChI is InChI=1S/C15H24O/c1-10-13-6-11(9-16)7-15(13)5-4-12(8-15)14(10,2)3/h11-13,16H,1,4-9H2,2-3H3/t11?,12?,13?,15-/m0/s1. The molecule has 3 aliphatic carbocycles. The quantitative estimate of drug-likeness (QED) is 0.672. The highest BCUT2D eigenvalue weighted by Crippen LogP contribution is 2.69. The molecule has 3 saturated carbocycles. The van der Waals surface area contributed by atoms with Crippen LogP contribution in [0.5, 0.6) is 0 Å². The van der Waals surface area contributed by atoms with E-state index in [0.717, 1.165) is 5.92 Å². The van der Waals surface area contributed by atoms with E-state index in [4.69, 9.17) is 0 Å². The number of fused-ring (bicyclic) bond motifs is 1. The maximum absolute atomic E-state index is 9.42. The Morgan fingerprint density at radius 2 is 2.12 bits per heavy atom. The van der Waals surface area contributed by atoms with Crippen LogP contribution in [0.2, 0.25) is 0 Å². The van der Waals surface area contributed by atoms with Gasteiger partial charge in [-0.1, -0.05) is 26.0 Å². The van der Waals surface area contributed by atoms with Gasteiger partial charge in [-0.15, -0.1) is 0 Å². The van der Waals surface area contributed by atoms with Crippen LogP contribution in [-0.2, 0) is 0 Å². The third kappa shape index (κ3) is 1.16. The van der Waals surface area contributed by atoms with Gasteiger partial charge in [-0.2, -0.15) is 0 Å². The van der Waals surface area contributed by atoms with E-state index in [9.17, 15) is 5.11 Å². The number of hydrogen-bond acceptors (Lipinski definition) is 1. The Balaban J connectivity index is 1.98. The molecule has 1 nitrogen and oxygen atoms in total. The molecule has 3 aliphatic rings. The number of aliphatic hydroxyl groups is 1. The molecule has 0 aliphatic heterocycles. The maximum Gasteiger partial charge on any atom is 0.0459 e. The van der Waals surface area contributed by atoms with Crippen molar-refractivity contribution in [3.05, 3.63) is 12.2 Å². The third-order valence-corrected chi connectivity index (χ3v) is 6.17. The third-order valence-electron chi connectivity index (χ3n) is 6.17. The summed E-state index contributed by atoms with van der Waals surface area (Å²) in [5.74, 6) is 2.11. The van der Waals surface area contributed by atoms with Crippen LogP contribution >= 0.6 is 0 Å². The van der Waals surface area contributed by atoms with Crippen LogP contribution < -0.4 is 0 Å². The highest BCUT2D eigenvalue weighted by atomic mass is 16.3. The lowest BCUT2D eigenvalue weighted by Crippen LogP contribution is -2.38. The molecule has 0 amide bonds. The largest absolute Gasteiger partial charge is 0.396 e. The van der Waals surface area contributed by atoms with Gasteiger partial charge in [-0.05, 0) is 60.7 Å². The van der Waals surface area contributed by atoms with E-state index in [0.29, 0.717) is 29.3 Å². The van der Waals surface area contributed by atoms with Crippen LogP contribution in [0.3, 0.4) is 0 Å². The second-order valence-electron chi connectivity index (χ2n) is 7.09. The second kappa shape index (κ2) is 3.13. The average molecular weight is 220 g/mol. The van der Waals surface area contributed by atoms with Gasteiger partial charge in [0.1, 0.15) is 0 Å². The first-order valence-corrected chi connectivity index (χ1v) is 6.80. The van der Waals surface area contributed by atoms with Gasteiger partial charge in [0.05, 0.1) is 0 Å². The lowest BCUT2D eigenvalue weighted by atomic mass is 9.58. The Morgan fingerprint density at radius 3 is 2.81 bits per heavy atom. The number of rotatable bonds is 1. The predicted molar refractivity (Wildman–Crippen MR) is 66.0 cm³/mol. The van der Waals surface area contributed by atoms with Gasteiger partial charge in [0.2, 0.25) is 0 Å². The highest BCUT2D eigenvalue weighted by molar-refractivity contribution is 5.26. The maximum atomic E-state index is 9.42. The summed E-state index contributed by atoms with van der Waals surface area (Å²) in [5, 5.41) is 9.42. The summed E-state index contributed by atoms with van der Waals surface area (Å²) < 4.78 is 0. The lowest BCUT2D eigenvalue weighted by molar-refractivity contribution is 0.118. The summed E-state index contributed by atoms with van der Waals surface area (Å²) in [7, 11) is 0. The molecule has 90 valence electrons. The van der Waals surface area contributed by atoms with Crippen molar-refractivity contribution >= 4 is 0 Å². The zero-order valence-electron chi connectivity index (χ0n) is 10.6. The summed E-state index contributed by atoms with van der Waals surface area (Å²) in [4.78, 5) is 0. The first-order chi connectivity index (χ1) is 7.49. The summed E-state index contributed by atoms with van der Waals surface area (Å²) in [6, 6.07) is 0. The van der Waals surface area contributed by atoms with Gasteiger partial charge in [0, 0.05) is 6.61 Å². The zero-order chi connectivity index (χ0) is 11.6. The molecule has 0 aromatic heterocycles. The van der Waals surface area contributed by atoms with Crippen molar-refractivity contribution in [1.82, 2.24) is 0 Å². The summed E-state index contributed by atoms with van der Waals surface area (Å²) in [6.45, 7) is 9.60. The van der Waals surface area contributed by atoms with Gasteiger partial charge < -0.3 is 5.11 Å². The molecule has 1 spiro atoms. The molecular weight excluding hydrogens is 196 g/mol. The molecule has 1 N–H and O–H groups in total. The molecular formula is C15H24O. The minimum absolute atomic E-state index is 0.342. The van der Waals surface area contributed by atoms with E-state index in [2.05, 4.69) is 20.4 Å². The van der Waals surface area contributed by atoms with Crippen LogP contribution in [0, 0.1) is 28.6 Å². The van der Waals surface area contributed by atoms with E-state index in [-0.39, 0.29) is 0 Å². The van der Waals surface area contributed by atoms with E-state index in [1.54, 1.807) is 0 Å². The minimum atomic E-state index is 0.342. The first kappa shape index (κ1) is 10.8. The molecule has 0 heterocycles. The molecule has 3 rings (SSSR count). The number of aliphatic hydroxyl groups excluding tert-OH is 1. The van der Waals surface area contributed by atoms with E-state index in [1.807, 2.05) is 0 Å². The monoisotopic (exact) mass is 220 g/mol. The number of allylic oxidation sites excluding steroid dienone is 1. The number of hydrogen-bond donors (Lipinski definition) is 1. The van der Waals surface area contributed by atoms with Crippen LogP contribution in [0.25, 0.3) is 0 Å². The molecule has 0 radical (unpaired) electrons. The molecule has 2 bridgehead atoms. The minimum Gasteiger partial charge on any atom is -0.396 e. The van der Waals surface area contributed by atoms with Crippen LogP contribution in [0.15, 0.2) is 12.2 Å². The smallest absolute Gasteiger partial charge is 0.0459 e. The fourth-order valence-electron chi connectivity index (χ4n) is 5.02. The Morgan fingerprint density at radius 1 is 1.38 bits per heavy atom. The zero-order valence-corrected chi connectivity index (χ0v) is 10.6. The van der Waals surface area contributed by atoms with E-state index < -0.39 is 0 Å². The van der Waals surface area contributed by atoms with Crippen molar-refractivity contribution in [3.63, 3.8) is 0 Å². The van der Waals surface area contributed by atoms with Gasteiger partial charge >= 0.3 is 0 Å². The predicted octanol–water partition coefficient (Wildman–Crippen LogP) is 3.39. The van der Waals surface area contributed by atoms with Crippen LogP contribution in [0.1, 0.15) is 46.0 Å². The van der Waals surface area contributed by atoms with Crippen LogP contribution in [-0.4, -0.2) is 11.7 Å². The van der Waals surface area contributed by atoms with E-state index in [1.165, 1.54) is 37.7 Å². The van der Waals surface area contributed by atoms with Crippen molar-refractivity contribution in [3.8, 4) is 0 Å². The molecule has 1 heteroatoms. The summed E-state index contributed by atoms with van der Waals surface area (Å²) in [5.41, 5.74) is 2.39. The van der Waals surface area contributed by atoms with Crippen molar-refractivity contribution in [2.24, 2.45) is 28.6 Å². The Labute approximate surface area is 98.9 Å². The Kier molecular flexibility index (Phi) is 2.12. The van der Waals surface area contributed by atoms with Crippen molar-refractivity contribution in [2.45, 2.75) is 46.0 Å². The molecule has 0 saturated heterocycles. The topological polar surface area (TPSA) is 20.2 Å². The lowest BCUT2D eigenvalue weighted by Gasteiger charge is -2.47. The van der Waals surface area contributed by atoms with Crippen LogP contribution in [0.4, 0.5) is 0 Å². The molecule has 16 heavy (non-hydrogen) atoms. The van der Waals surface area contributed by atoms with Crippen molar-refractivity contribution in [2.75, 3.05) is 6.61 Å². The second-order valence-corrected chi connectivity index (χ2v) is 7.09. The molecule has 3 fully saturated rings. The molecule has 4 atom stereocenters. The van der Waals surface area contributed by atoms with Crippen molar-refractivity contribution < 1.29 is 5.11 Å². The SMILES string of the molecule is C=C1C2CC(CO)C[C@]23CCC(C3)C1(C)C. The van der Waals surface area contributed by atoms with Gasteiger partial charge in [0.15, 0.2) is 0 Å². The van der Waals surface area contributed by atoms with Gasteiger partial charge in [-0.25, -0.2) is 0 Å². The summed E-state index contributed by atoms with van der Waals surface area (Å²) >= 11 is 0.